The first-order valence-electron chi connectivity index (χ1n) is 11.2. The first-order chi connectivity index (χ1) is 14.5. The molecule has 158 valence electrons. The maximum Gasteiger partial charge on any atom is 0.253 e. The number of carbonyl (C=O) groups excluding carboxylic acids is 1. The SMILES string of the molecule is Cc1ncc2c(n1)C1(CCCN(C(=O)c3ccc(N4CCN(C)CC4)cc3)C1)CC2. The summed E-state index contributed by atoms with van der Waals surface area (Å²) in [5.41, 5.74) is 4.48. The summed E-state index contributed by atoms with van der Waals surface area (Å²) in [5.74, 6) is 0.983. The zero-order valence-electron chi connectivity index (χ0n) is 18.1. The molecule has 2 aliphatic heterocycles. The highest BCUT2D eigenvalue weighted by atomic mass is 16.2. The Bertz CT molecular complexity index is 931. The Kier molecular flexibility index (Phi) is 4.97. The molecule has 0 saturated carbocycles. The topological polar surface area (TPSA) is 52.6 Å². The molecule has 6 heteroatoms. The van der Waals surface area contributed by atoms with E-state index < -0.39 is 0 Å². The van der Waals surface area contributed by atoms with E-state index in [9.17, 15) is 4.79 Å². The average molecular weight is 406 g/mol. The standard InChI is InChI=1S/C24H31N5O/c1-18-25-16-20-8-10-24(22(20)26-18)9-3-11-29(17-24)23(30)19-4-6-21(7-5-19)28-14-12-27(2)13-15-28/h4-7,16H,3,8-15,17H2,1-2H3. The van der Waals surface area contributed by atoms with Crippen molar-refractivity contribution >= 4 is 11.6 Å². The fraction of sp³-hybridized carbons (Fsp3) is 0.542. The van der Waals surface area contributed by atoms with Crippen molar-refractivity contribution in [3.63, 3.8) is 0 Å². The van der Waals surface area contributed by atoms with E-state index in [2.05, 4.69) is 38.9 Å². The van der Waals surface area contributed by atoms with Gasteiger partial charge in [0.2, 0.25) is 0 Å². The van der Waals surface area contributed by atoms with E-state index in [1.807, 2.05) is 25.3 Å². The van der Waals surface area contributed by atoms with Gasteiger partial charge in [0, 0.05) is 62.1 Å². The monoisotopic (exact) mass is 405 g/mol. The molecule has 1 aliphatic carbocycles. The number of benzene rings is 1. The number of fused-ring (bicyclic) bond motifs is 2. The molecule has 2 saturated heterocycles. The number of rotatable bonds is 2. The average Bonchev–Trinajstić information content (AvgIpc) is 3.11. The van der Waals surface area contributed by atoms with Crippen molar-refractivity contribution in [2.75, 3.05) is 51.2 Å². The van der Waals surface area contributed by atoms with E-state index in [0.29, 0.717) is 0 Å². The van der Waals surface area contributed by atoms with E-state index in [0.717, 1.165) is 76.3 Å². The third kappa shape index (κ3) is 3.47. The molecular weight excluding hydrogens is 374 g/mol. The van der Waals surface area contributed by atoms with Gasteiger partial charge in [-0.25, -0.2) is 9.97 Å². The normalized spacial score (nSPS) is 24.3. The number of piperazine rings is 1. The molecule has 30 heavy (non-hydrogen) atoms. The van der Waals surface area contributed by atoms with Gasteiger partial charge < -0.3 is 14.7 Å². The summed E-state index contributed by atoms with van der Waals surface area (Å²) >= 11 is 0. The number of hydrogen-bond acceptors (Lipinski definition) is 5. The Balaban J connectivity index is 1.32. The van der Waals surface area contributed by atoms with Gasteiger partial charge in [0.15, 0.2) is 0 Å². The zero-order chi connectivity index (χ0) is 20.7. The summed E-state index contributed by atoms with van der Waals surface area (Å²) in [4.78, 5) is 29.3. The van der Waals surface area contributed by atoms with Crippen molar-refractivity contribution in [2.24, 2.45) is 0 Å². The van der Waals surface area contributed by atoms with Gasteiger partial charge in [0.1, 0.15) is 5.82 Å². The number of likely N-dealkylation sites (N-methyl/N-ethyl adjacent to an activating group) is 1. The Labute approximate surface area is 178 Å². The Morgan fingerprint density at radius 2 is 1.80 bits per heavy atom. The van der Waals surface area contributed by atoms with Crippen molar-refractivity contribution in [3.05, 3.63) is 53.1 Å². The third-order valence-corrected chi connectivity index (χ3v) is 7.21. The van der Waals surface area contributed by atoms with Crippen molar-refractivity contribution in [1.82, 2.24) is 19.8 Å². The predicted octanol–water partition coefficient (Wildman–Crippen LogP) is 2.66. The van der Waals surface area contributed by atoms with Crippen LogP contribution in [0, 0.1) is 6.92 Å². The highest BCUT2D eigenvalue weighted by Gasteiger charge is 2.44. The second kappa shape index (κ2) is 7.65. The van der Waals surface area contributed by atoms with Crippen LogP contribution in [0.4, 0.5) is 5.69 Å². The van der Waals surface area contributed by atoms with Crippen LogP contribution in [-0.2, 0) is 11.8 Å². The zero-order valence-corrected chi connectivity index (χ0v) is 18.1. The largest absolute Gasteiger partial charge is 0.369 e. The molecule has 1 atom stereocenters. The van der Waals surface area contributed by atoms with Crippen LogP contribution in [0.15, 0.2) is 30.5 Å². The molecule has 0 bridgehead atoms. The molecule has 2 aromatic rings. The number of nitrogens with zero attached hydrogens (tertiary/aromatic N) is 5. The highest BCUT2D eigenvalue weighted by molar-refractivity contribution is 5.94. The fourth-order valence-electron chi connectivity index (χ4n) is 5.39. The van der Waals surface area contributed by atoms with Crippen molar-refractivity contribution < 1.29 is 4.79 Å². The lowest BCUT2D eigenvalue weighted by atomic mass is 9.77. The molecule has 3 heterocycles. The van der Waals surface area contributed by atoms with Crippen LogP contribution in [0.25, 0.3) is 0 Å². The van der Waals surface area contributed by atoms with E-state index in [-0.39, 0.29) is 11.3 Å². The number of carbonyl (C=O) groups is 1. The number of amides is 1. The molecule has 3 aliphatic rings. The Morgan fingerprint density at radius 3 is 2.57 bits per heavy atom. The van der Waals surface area contributed by atoms with Crippen LogP contribution in [0.2, 0.25) is 0 Å². The molecular formula is C24H31N5O. The molecule has 2 fully saturated rings. The number of piperidine rings is 1. The smallest absolute Gasteiger partial charge is 0.253 e. The molecule has 1 spiro atoms. The molecule has 0 radical (unpaired) electrons. The van der Waals surface area contributed by atoms with Gasteiger partial charge in [-0.2, -0.15) is 0 Å². The van der Waals surface area contributed by atoms with E-state index in [4.69, 9.17) is 4.98 Å². The molecule has 1 unspecified atom stereocenters. The summed E-state index contributed by atoms with van der Waals surface area (Å²) in [6.45, 7) is 7.82. The predicted molar refractivity (Wildman–Crippen MR) is 118 cm³/mol. The lowest BCUT2D eigenvalue weighted by Gasteiger charge is -2.40. The van der Waals surface area contributed by atoms with Crippen molar-refractivity contribution in [3.8, 4) is 0 Å². The van der Waals surface area contributed by atoms with Gasteiger partial charge in [-0.1, -0.05) is 0 Å². The minimum absolute atomic E-state index is 0.0106. The molecule has 5 rings (SSSR count). The van der Waals surface area contributed by atoms with Crippen molar-refractivity contribution in [2.45, 2.75) is 38.0 Å². The van der Waals surface area contributed by atoms with Crippen LogP contribution in [0.5, 0.6) is 0 Å². The van der Waals surface area contributed by atoms with Gasteiger partial charge in [0.05, 0.1) is 5.69 Å². The summed E-state index contributed by atoms with van der Waals surface area (Å²) < 4.78 is 0. The molecule has 0 N–H and O–H groups in total. The van der Waals surface area contributed by atoms with Crippen LogP contribution >= 0.6 is 0 Å². The second-order valence-corrected chi connectivity index (χ2v) is 9.24. The summed E-state index contributed by atoms with van der Waals surface area (Å²) in [7, 11) is 2.17. The van der Waals surface area contributed by atoms with Gasteiger partial charge in [-0.15, -0.1) is 0 Å². The summed E-state index contributed by atoms with van der Waals surface area (Å²) in [5, 5.41) is 0. The van der Waals surface area contributed by atoms with Crippen LogP contribution in [-0.4, -0.2) is 72.0 Å². The Morgan fingerprint density at radius 1 is 1.03 bits per heavy atom. The van der Waals surface area contributed by atoms with E-state index in [1.165, 1.54) is 16.9 Å². The molecule has 1 aromatic heterocycles. The number of likely N-dealkylation sites (tertiary alicyclic amines) is 1. The minimum atomic E-state index is 0.0106. The molecule has 1 aromatic carbocycles. The second-order valence-electron chi connectivity index (χ2n) is 9.24. The number of anilines is 1. The quantitative estimate of drug-likeness (QED) is 0.769. The first-order valence-corrected chi connectivity index (χ1v) is 11.2. The van der Waals surface area contributed by atoms with Gasteiger partial charge in [-0.05, 0) is 69.5 Å². The third-order valence-electron chi connectivity index (χ3n) is 7.21. The number of hydrogen-bond donors (Lipinski definition) is 0. The van der Waals surface area contributed by atoms with Gasteiger partial charge in [-0.3, -0.25) is 4.79 Å². The summed E-state index contributed by atoms with van der Waals surface area (Å²) in [6, 6.07) is 8.23. The number of aryl methyl sites for hydroxylation is 2. The lowest BCUT2D eigenvalue weighted by molar-refractivity contribution is 0.0633. The maximum atomic E-state index is 13.3. The lowest BCUT2D eigenvalue weighted by Crippen LogP contribution is -2.48. The van der Waals surface area contributed by atoms with Gasteiger partial charge >= 0.3 is 0 Å². The van der Waals surface area contributed by atoms with Crippen molar-refractivity contribution in [1.29, 1.82) is 0 Å². The first kappa shape index (κ1) is 19.5. The molecule has 6 nitrogen and oxygen atoms in total. The molecule has 1 amide bonds. The van der Waals surface area contributed by atoms with E-state index >= 15 is 0 Å². The van der Waals surface area contributed by atoms with Crippen LogP contribution in [0.1, 0.15) is 46.7 Å². The van der Waals surface area contributed by atoms with Crippen LogP contribution < -0.4 is 4.90 Å². The van der Waals surface area contributed by atoms with E-state index in [1.54, 1.807) is 0 Å². The fourth-order valence-corrected chi connectivity index (χ4v) is 5.39. The van der Waals surface area contributed by atoms with Gasteiger partial charge in [0.25, 0.3) is 5.91 Å². The van der Waals surface area contributed by atoms with Crippen LogP contribution in [0.3, 0.4) is 0 Å². The Hall–Kier alpha value is -2.47. The highest BCUT2D eigenvalue weighted by Crippen LogP contribution is 2.44. The minimum Gasteiger partial charge on any atom is -0.369 e. The maximum absolute atomic E-state index is 13.3. The summed E-state index contributed by atoms with van der Waals surface area (Å²) in [6.07, 6.45) is 6.24. The number of aromatic nitrogens is 2.